The molecule has 0 aliphatic heterocycles. The van der Waals surface area contributed by atoms with Gasteiger partial charge in [0.2, 0.25) is 0 Å². The van der Waals surface area contributed by atoms with Crippen molar-refractivity contribution in [3.8, 4) is 11.8 Å². The van der Waals surface area contributed by atoms with E-state index in [9.17, 15) is 4.79 Å². The number of rotatable bonds is 5. The van der Waals surface area contributed by atoms with Crippen molar-refractivity contribution in [3.63, 3.8) is 0 Å². The van der Waals surface area contributed by atoms with Gasteiger partial charge in [0, 0.05) is 6.42 Å². The van der Waals surface area contributed by atoms with Crippen LogP contribution in [0, 0.1) is 17.8 Å². The van der Waals surface area contributed by atoms with E-state index in [0.717, 1.165) is 0 Å². The molecular weight excluding hydrogens is 176 g/mol. The van der Waals surface area contributed by atoms with E-state index in [4.69, 9.17) is 4.74 Å². The third-order valence-electron chi connectivity index (χ3n) is 1.80. The Morgan fingerprint density at radius 1 is 1.57 bits per heavy atom. The van der Waals surface area contributed by atoms with Crippen LogP contribution in [0.4, 0.5) is 0 Å². The molecule has 0 spiro atoms. The molecule has 0 radical (unpaired) electrons. The fourth-order valence-electron chi connectivity index (χ4n) is 1.05. The first-order chi connectivity index (χ1) is 6.76. The lowest BCUT2D eigenvalue weighted by Gasteiger charge is -2.10. The van der Waals surface area contributed by atoms with Crippen LogP contribution < -0.4 is 0 Å². The maximum atomic E-state index is 11.4. The molecule has 78 valence electrons. The predicted molar refractivity (Wildman–Crippen MR) is 57.6 cm³/mol. The van der Waals surface area contributed by atoms with Crippen LogP contribution in [-0.4, -0.2) is 12.6 Å². The number of esters is 1. The number of hydrogen-bond acceptors (Lipinski definition) is 2. The molecule has 1 atom stereocenters. The fourth-order valence-corrected chi connectivity index (χ4v) is 1.05. The van der Waals surface area contributed by atoms with Gasteiger partial charge in [0.25, 0.3) is 0 Å². The quantitative estimate of drug-likeness (QED) is 0.382. The summed E-state index contributed by atoms with van der Waals surface area (Å²) in [5.41, 5.74) is 0. The van der Waals surface area contributed by atoms with Crippen molar-refractivity contribution >= 4 is 5.97 Å². The summed E-state index contributed by atoms with van der Waals surface area (Å²) in [6.45, 7) is 5.96. The molecule has 0 aromatic carbocycles. The van der Waals surface area contributed by atoms with Gasteiger partial charge in [0.15, 0.2) is 0 Å². The van der Waals surface area contributed by atoms with Gasteiger partial charge < -0.3 is 4.74 Å². The number of carbonyl (C=O) groups is 1. The highest BCUT2D eigenvalue weighted by Gasteiger charge is 2.16. The first-order valence-electron chi connectivity index (χ1n) is 4.93. The second kappa shape index (κ2) is 8.37. The molecule has 0 aliphatic carbocycles. The molecule has 0 aromatic heterocycles. The molecule has 14 heavy (non-hydrogen) atoms. The maximum Gasteiger partial charge on any atom is 0.310 e. The van der Waals surface area contributed by atoms with Crippen LogP contribution in [0.5, 0.6) is 0 Å². The second-order valence-corrected chi connectivity index (χ2v) is 2.88. The minimum absolute atomic E-state index is 0.112. The van der Waals surface area contributed by atoms with E-state index >= 15 is 0 Å². The third kappa shape index (κ3) is 5.42. The van der Waals surface area contributed by atoms with E-state index in [1.807, 2.05) is 26.0 Å². The predicted octanol–water partition coefficient (Wildman–Crippen LogP) is 2.55. The summed E-state index contributed by atoms with van der Waals surface area (Å²) in [5.74, 6) is 5.44. The Bertz CT molecular complexity index is 243. The monoisotopic (exact) mass is 194 g/mol. The lowest BCUT2D eigenvalue weighted by molar-refractivity contribution is -0.147. The van der Waals surface area contributed by atoms with Gasteiger partial charge in [-0.25, -0.2) is 0 Å². The van der Waals surface area contributed by atoms with Crippen molar-refractivity contribution in [2.75, 3.05) is 6.61 Å². The first kappa shape index (κ1) is 12.8. The van der Waals surface area contributed by atoms with Crippen LogP contribution in [0.25, 0.3) is 0 Å². The minimum atomic E-state index is -0.145. The molecule has 0 aliphatic rings. The molecule has 0 aromatic rings. The molecule has 0 bridgehead atoms. The molecular formula is C12H18O2. The van der Waals surface area contributed by atoms with Crippen LogP contribution in [0.15, 0.2) is 12.2 Å². The normalized spacial score (nSPS) is 11.9. The van der Waals surface area contributed by atoms with Crippen LogP contribution >= 0.6 is 0 Å². The number of ether oxygens (including phenoxy) is 1. The van der Waals surface area contributed by atoms with E-state index in [1.54, 1.807) is 6.92 Å². The average Bonchev–Trinajstić information content (AvgIpc) is 2.18. The van der Waals surface area contributed by atoms with Gasteiger partial charge in [0.1, 0.15) is 0 Å². The van der Waals surface area contributed by atoms with Gasteiger partial charge in [-0.15, -0.1) is 11.8 Å². The average molecular weight is 194 g/mol. The number of allylic oxidation sites excluding steroid dienone is 2. The molecule has 2 heteroatoms. The van der Waals surface area contributed by atoms with Gasteiger partial charge in [0.05, 0.1) is 12.5 Å². The highest BCUT2D eigenvalue weighted by Crippen LogP contribution is 2.11. The molecule has 0 N–H and O–H groups in total. The first-order valence-corrected chi connectivity index (χ1v) is 4.93. The molecule has 0 saturated heterocycles. The fraction of sp³-hybridized carbons (Fsp3) is 0.583. The van der Waals surface area contributed by atoms with Crippen LogP contribution in [0.1, 0.15) is 33.6 Å². The summed E-state index contributed by atoms with van der Waals surface area (Å²) in [7, 11) is 0. The van der Waals surface area contributed by atoms with E-state index < -0.39 is 0 Å². The van der Waals surface area contributed by atoms with Crippen molar-refractivity contribution in [1.82, 2.24) is 0 Å². The van der Waals surface area contributed by atoms with Gasteiger partial charge in [-0.05, 0) is 27.2 Å². The molecule has 0 amide bonds. The molecule has 1 unspecified atom stereocenters. The zero-order valence-corrected chi connectivity index (χ0v) is 9.17. The standard InChI is InChI=1S/C12H18O2/c1-4-7-9-11(10-8-5-2)12(13)14-6-3/h4,7,11H,6,9-10H2,1-3H3/b7-4+. The Hall–Kier alpha value is -1.23. The number of hydrogen-bond donors (Lipinski definition) is 0. The van der Waals surface area contributed by atoms with Gasteiger partial charge >= 0.3 is 5.97 Å². The van der Waals surface area contributed by atoms with Crippen molar-refractivity contribution in [2.45, 2.75) is 33.6 Å². The van der Waals surface area contributed by atoms with E-state index in [-0.39, 0.29) is 11.9 Å². The topological polar surface area (TPSA) is 26.3 Å². The SMILES string of the molecule is CC#CCC(C/C=C/C)C(=O)OCC. The van der Waals surface area contributed by atoms with Crippen molar-refractivity contribution in [1.29, 1.82) is 0 Å². The van der Waals surface area contributed by atoms with E-state index in [2.05, 4.69) is 11.8 Å². The summed E-state index contributed by atoms with van der Waals surface area (Å²) in [5, 5.41) is 0. The van der Waals surface area contributed by atoms with Crippen molar-refractivity contribution in [2.24, 2.45) is 5.92 Å². The Morgan fingerprint density at radius 3 is 2.79 bits per heavy atom. The third-order valence-corrected chi connectivity index (χ3v) is 1.80. The molecule has 0 rings (SSSR count). The lowest BCUT2D eigenvalue weighted by atomic mass is 10.0. The van der Waals surface area contributed by atoms with Crippen LogP contribution in [0.3, 0.4) is 0 Å². The largest absolute Gasteiger partial charge is 0.466 e. The summed E-state index contributed by atoms with van der Waals surface area (Å²) in [6.07, 6.45) is 5.20. The van der Waals surface area contributed by atoms with Gasteiger partial charge in [-0.2, -0.15) is 0 Å². The van der Waals surface area contributed by atoms with Gasteiger partial charge in [-0.3, -0.25) is 4.79 Å². The Morgan fingerprint density at radius 2 is 2.29 bits per heavy atom. The zero-order chi connectivity index (χ0) is 10.8. The highest BCUT2D eigenvalue weighted by atomic mass is 16.5. The minimum Gasteiger partial charge on any atom is -0.466 e. The molecule has 0 heterocycles. The summed E-state index contributed by atoms with van der Waals surface area (Å²) in [4.78, 5) is 11.4. The highest BCUT2D eigenvalue weighted by molar-refractivity contribution is 5.73. The lowest BCUT2D eigenvalue weighted by Crippen LogP contribution is -2.16. The summed E-state index contributed by atoms with van der Waals surface area (Å²) in [6, 6.07) is 0. The maximum absolute atomic E-state index is 11.4. The van der Waals surface area contributed by atoms with Crippen LogP contribution in [-0.2, 0) is 9.53 Å². The summed E-state index contributed by atoms with van der Waals surface area (Å²) >= 11 is 0. The number of carbonyl (C=O) groups excluding carboxylic acids is 1. The Labute approximate surface area is 86.3 Å². The smallest absolute Gasteiger partial charge is 0.310 e. The molecule has 0 fully saturated rings. The molecule has 0 saturated carbocycles. The van der Waals surface area contributed by atoms with Crippen molar-refractivity contribution in [3.05, 3.63) is 12.2 Å². The zero-order valence-electron chi connectivity index (χ0n) is 9.17. The van der Waals surface area contributed by atoms with Gasteiger partial charge in [-0.1, -0.05) is 12.2 Å². The van der Waals surface area contributed by atoms with E-state index in [1.165, 1.54) is 0 Å². The molecule has 2 nitrogen and oxygen atoms in total. The van der Waals surface area contributed by atoms with Crippen LogP contribution in [0.2, 0.25) is 0 Å². The summed E-state index contributed by atoms with van der Waals surface area (Å²) < 4.78 is 4.96. The van der Waals surface area contributed by atoms with E-state index in [0.29, 0.717) is 19.4 Å². The van der Waals surface area contributed by atoms with Crippen molar-refractivity contribution < 1.29 is 9.53 Å². The Kier molecular flexibility index (Phi) is 7.64. The second-order valence-electron chi connectivity index (χ2n) is 2.88. The Balaban J connectivity index is 4.19.